The Morgan fingerprint density at radius 2 is 1.89 bits per heavy atom. The Morgan fingerprint density at radius 3 is 2.50 bits per heavy atom. The molecule has 4 heteroatoms. The maximum Gasteiger partial charge on any atom is 0.306 e. The van der Waals surface area contributed by atoms with Crippen molar-refractivity contribution in [1.82, 2.24) is 5.32 Å². The molecular formula is C14H25NO3. The van der Waals surface area contributed by atoms with E-state index in [0.29, 0.717) is 12.5 Å². The highest BCUT2D eigenvalue weighted by molar-refractivity contribution is 5.81. The summed E-state index contributed by atoms with van der Waals surface area (Å²) >= 11 is 0. The standard InChI is InChI=1S/C14H25NO3/c1-4-18-14(17)8-7-13(16)15-12-6-5-10(2)11(3)9-12/h10-12H,4-9H2,1-3H3,(H,15,16). The summed E-state index contributed by atoms with van der Waals surface area (Å²) in [6.45, 7) is 6.64. The average molecular weight is 255 g/mol. The highest BCUT2D eigenvalue weighted by Gasteiger charge is 2.25. The van der Waals surface area contributed by atoms with E-state index >= 15 is 0 Å². The van der Waals surface area contributed by atoms with Crippen molar-refractivity contribution in [2.75, 3.05) is 6.61 Å². The summed E-state index contributed by atoms with van der Waals surface area (Å²) in [6, 6.07) is 0.283. The molecule has 0 saturated heterocycles. The van der Waals surface area contributed by atoms with Crippen LogP contribution in [0.3, 0.4) is 0 Å². The van der Waals surface area contributed by atoms with Crippen LogP contribution in [0.5, 0.6) is 0 Å². The number of carbonyl (C=O) groups is 2. The zero-order chi connectivity index (χ0) is 13.5. The third-order valence-electron chi connectivity index (χ3n) is 3.82. The zero-order valence-electron chi connectivity index (χ0n) is 11.7. The SMILES string of the molecule is CCOC(=O)CCC(=O)NC1CCC(C)C(C)C1. The Kier molecular flexibility index (Phi) is 6.16. The van der Waals surface area contributed by atoms with Gasteiger partial charge in [-0.15, -0.1) is 0 Å². The number of nitrogens with one attached hydrogen (secondary N) is 1. The van der Waals surface area contributed by atoms with Gasteiger partial charge in [0.25, 0.3) is 0 Å². The molecule has 4 nitrogen and oxygen atoms in total. The fourth-order valence-corrected chi connectivity index (χ4v) is 2.43. The molecule has 1 rings (SSSR count). The van der Waals surface area contributed by atoms with Crippen LogP contribution in [0.1, 0.15) is 52.9 Å². The van der Waals surface area contributed by atoms with E-state index in [4.69, 9.17) is 4.74 Å². The van der Waals surface area contributed by atoms with Crippen molar-refractivity contribution in [2.45, 2.75) is 58.9 Å². The number of esters is 1. The van der Waals surface area contributed by atoms with Crippen LogP contribution in [-0.4, -0.2) is 24.5 Å². The lowest BCUT2D eigenvalue weighted by Gasteiger charge is -2.32. The Morgan fingerprint density at radius 1 is 1.17 bits per heavy atom. The maximum atomic E-state index is 11.7. The van der Waals surface area contributed by atoms with Crippen molar-refractivity contribution in [1.29, 1.82) is 0 Å². The second kappa shape index (κ2) is 7.39. The summed E-state index contributed by atoms with van der Waals surface area (Å²) in [5, 5.41) is 3.02. The molecule has 0 spiro atoms. The second-order valence-electron chi connectivity index (χ2n) is 5.34. The van der Waals surface area contributed by atoms with Gasteiger partial charge in [-0.1, -0.05) is 13.8 Å². The van der Waals surface area contributed by atoms with Crippen molar-refractivity contribution < 1.29 is 14.3 Å². The van der Waals surface area contributed by atoms with E-state index < -0.39 is 0 Å². The fourth-order valence-electron chi connectivity index (χ4n) is 2.43. The van der Waals surface area contributed by atoms with Gasteiger partial charge in [0.2, 0.25) is 5.91 Å². The van der Waals surface area contributed by atoms with Gasteiger partial charge >= 0.3 is 5.97 Å². The van der Waals surface area contributed by atoms with Gasteiger partial charge in [0, 0.05) is 12.5 Å². The van der Waals surface area contributed by atoms with E-state index in [-0.39, 0.29) is 30.8 Å². The van der Waals surface area contributed by atoms with E-state index in [1.54, 1.807) is 6.92 Å². The predicted octanol–water partition coefficient (Wildman–Crippen LogP) is 2.27. The van der Waals surface area contributed by atoms with Crippen molar-refractivity contribution >= 4 is 11.9 Å². The lowest BCUT2D eigenvalue weighted by Crippen LogP contribution is -2.39. The van der Waals surface area contributed by atoms with Gasteiger partial charge in [0.1, 0.15) is 0 Å². The first-order valence-corrected chi connectivity index (χ1v) is 6.97. The molecule has 0 bridgehead atoms. The molecule has 0 aromatic heterocycles. The normalized spacial score (nSPS) is 27.6. The summed E-state index contributed by atoms with van der Waals surface area (Å²) in [4.78, 5) is 22.8. The highest BCUT2D eigenvalue weighted by Crippen LogP contribution is 2.29. The number of rotatable bonds is 5. The van der Waals surface area contributed by atoms with Crippen LogP contribution in [0.15, 0.2) is 0 Å². The van der Waals surface area contributed by atoms with Crippen LogP contribution >= 0.6 is 0 Å². The van der Waals surface area contributed by atoms with Gasteiger partial charge in [-0.2, -0.15) is 0 Å². The van der Waals surface area contributed by atoms with Gasteiger partial charge in [0.05, 0.1) is 13.0 Å². The second-order valence-corrected chi connectivity index (χ2v) is 5.34. The van der Waals surface area contributed by atoms with Crippen molar-refractivity contribution in [2.24, 2.45) is 11.8 Å². The smallest absolute Gasteiger partial charge is 0.306 e. The molecule has 3 unspecified atom stereocenters. The van der Waals surface area contributed by atoms with Crippen molar-refractivity contribution in [3.8, 4) is 0 Å². The molecule has 1 aliphatic carbocycles. The molecule has 104 valence electrons. The molecule has 1 aliphatic rings. The lowest BCUT2D eigenvalue weighted by molar-refractivity contribution is -0.144. The molecule has 1 saturated carbocycles. The monoisotopic (exact) mass is 255 g/mol. The molecular weight excluding hydrogens is 230 g/mol. The average Bonchev–Trinajstić information content (AvgIpc) is 2.32. The van der Waals surface area contributed by atoms with Crippen LogP contribution < -0.4 is 5.32 Å². The molecule has 18 heavy (non-hydrogen) atoms. The van der Waals surface area contributed by atoms with Crippen LogP contribution in [-0.2, 0) is 14.3 Å². The Bertz CT molecular complexity index is 291. The molecule has 0 aromatic carbocycles. The first-order valence-electron chi connectivity index (χ1n) is 6.97. The van der Waals surface area contributed by atoms with Crippen molar-refractivity contribution in [3.63, 3.8) is 0 Å². The van der Waals surface area contributed by atoms with Crippen LogP contribution in [0.2, 0.25) is 0 Å². The predicted molar refractivity (Wildman–Crippen MR) is 70.0 cm³/mol. The summed E-state index contributed by atoms with van der Waals surface area (Å²) in [7, 11) is 0. The lowest BCUT2D eigenvalue weighted by atomic mass is 9.79. The fraction of sp³-hybridized carbons (Fsp3) is 0.857. The quantitative estimate of drug-likeness (QED) is 0.767. The van der Waals surface area contributed by atoms with E-state index in [1.807, 2.05) is 0 Å². The Balaban J connectivity index is 2.22. The molecule has 3 atom stereocenters. The maximum absolute atomic E-state index is 11.7. The Hall–Kier alpha value is -1.06. The zero-order valence-corrected chi connectivity index (χ0v) is 11.7. The first-order chi connectivity index (χ1) is 8.52. The minimum atomic E-state index is -0.293. The molecule has 0 heterocycles. The number of carbonyl (C=O) groups excluding carboxylic acids is 2. The number of hydrogen-bond donors (Lipinski definition) is 1. The van der Waals surface area contributed by atoms with Crippen molar-refractivity contribution in [3.05, 3.63) is 0 Å². The van der Waals surface area contributed by atoms with Gasteiger partial charge in [0.15, 0.2) is 0 Å². The van der Waals surface area contributed by atoms with Gasteiger partial charge in [-0.25, -0.2) is 0 Å². The van der Waals surface area contributed by atoms with E-state index in [0.717, 1.165) is 18.8 Å². The number of hydrogen-bond acceptors (Lipinski definition) is 3. The summed E-state index contributed by atoms with van der Waals surface area (Å²) in [5.41, 5.74) is 0. The van der Waals surface area contributed by atoms with Gasteiger partial charge in [-0.05, 0) is 38.0 Å². The van der Waals surface area contributed by atoms with E-state index in [2.05, 4.69) is 19.2 Å². The van der Waals surface area contributed by atoms with Gasteiger partial charge in [-0.3, -0.25) is 9.59 Å². The highest BCUT2D eigenvalue weighted by atomic mass is 16.5. The minimum absolute atomic E-state index is 0.0326. The minimum Gasteiger partial charge on any atom is -0.466 e. The molecule has 0 aliphatic heterocycles. The summed E-state index contributed by atoms with van der Waals surface area (Å²) < 4.78 is 4.79. The molecule has 1 amide bonds. The van der Waals surface area contributed by atoms with Crippen LogP contribution in [0.4, 0.5) is 0 Å². The third kappa shape index (κ3) is 5.07. The third-order valence-corrected chi connectivity index (χ3v) is 3.82. The summed E-state index contributed by atoms with van der Waals surface area (Å²) in [6.07, 6.45) is 3.69. The van der Waals surface area contributed by atoms with Crippen LogP contribution in [0, 0.1) is 11.8 Å². The number of amides is 1. The molecule has 1 N–H and O–H groups in total. The summed E-state index contributed by atoms with van der Waals surface area (Å²) in [5.74, 6) is 1.08. The topological polar surface area (TPSA) is 55.4 Å². The molecule has 0 radical (unpaired) electrons. The first kappa shape index (κ1) is 15.0. The van der Waals surface area contributed by atoms with E-state index in [1.165, 1.54) is 6.42 Å². The molecule has 1 fully saturated rings. The van der Waals surface area contributed by atoms with Crippen LogP contribution in [0.25, 0.3) is 0 Å². The Labute approximate surface area is 109 Å². The largest absolute Gasteiger partial charge is 0.466 e. The van der Waals surface area contributed by atoms with Gasteiger partial charge < -0.3 is 10.1 Å². The van der Waals surface area contributed by atoms with E-state index in [9.17, 15) is 9.59 Å². The number of ether oxygens (including phenoxy) is 1. The molecule has 0 aromatic rings.